The Bertz CT molecular complexity index is 209. The zero-order valence-corrected chi connectivity index (χ0v) is 10.2. The van der Waals surface area contributed by atoms with Gasteiger partial charge in [-0.25, -0.2) is 0 Å². The first-order chi connectivity index (χ1) is 7.37. The molecule has 0 bridgehead atoms. The van der Waals surface area contributed by atoms with Crippen molar-refractivity contribution in [3.8, 4) is 0 Å². The Balaban J connectivity index is 2.27. The van der Waals surface area contributed by atoms with Crippen molar-refractivity contribution in [2.75, 3.05) is 6.54 Å². The van der Waals surface area contributed by atoms with Gasteiger partial charge in [-0.2, -0.15) is 13.2 Å². The van der Waals surface area contributed by atoms with Crippen molar-refractivity contribution in [1.82, 2.24) is 5.32 Å². The van der Waals surface area contributed by atoms with E-state index in [1.807, 2.05) is 0 Å². The summed E-state index contributed by atoms with van der Waals surface area (Å²) in [5.41, 5.74) is 0.300. The normalized spacial score (nSPS) is 21.6. The molecule has 96 valence electrons. The summed E-state index contributed by atoms with van der Waals surface area (Å²) in [6.45, 7) is 4.50. The molecule has 1 nitrogen and oxygen atoms in total. The van der Waals surface area contributed by atoms with E-state index in [1.165, 1.54) is 19.3 Å². The average Bonchev–Trinajstić information content (AvgIpc) is 2.06. The lowest BCUT2D eigenvalue weighted by Crippen LogP contribution is -2.43. The maximum atomic E-state index is 12.1. The Morgan fingerprint density at radius 3 is 2.31 bits per heavy atom. The number of rotatable bonds is 6. The summed E-state index contributed by atoms with van der Waals surface area (Å²) in [5.74, 6) is 0. The van der Waals surface area contributed by atoms with Crippen molar-refractivity contribution in [3.05, 3.63) is 0 Å². The minimum Gasteiger partial charge on any atom is -0.313 e. The van der Waals surface area contributed by atoms with Crippen LogP contribution < -0.4 is 5.32 Å². The maximum Gasteiger partial charge on any atom is 0.390 e. The molecule has 1 N–H and O–H groups in total. The van der Waals surface area contributed by atoms with Crippen molar-refractivity contribution in [2.24, 2.45) is 5.41 Å². The second-order valence-corrected chi connectivity index (χ2v) is 5.20. The fourth-order valence-corrected chi connectivity index (χ4v) is 2.53. The standard InChI is InChI=1S/C12H22F3N/c1-3-5-11(6-4-7-11)9-16-10(2)8-12(13,14)15/h10,16H,3-9H2,1-2H3. The van der Waals surface area contributed by atoms with Crippen LogP contribution in [-0.2, 0) is 0 Å². The minimum absolute atomic E-state index is 0.300. The molecule has 1 unspecified atom stereocenters. The number of alkyl halides is 3. The monoisotopic (exact) mass is 237 g/mol. The van der Waals surface area contributed by atoms with Gasteiger partial charge < -0.3 is 5.32 Å². The van der Waals surface area contributed by atoms with Gasteiger partial charge in [0.2, 0.25) is 0 Å². The molecular weight excluding hydrogens is 215 g/mol. The van der Waals surface area contributed by atoms with Gasteiger partial charge in [0.15, 0.2) is 0 Å². The summed E-state index contributed by atoms with van der Waals surface area (Å²) in [4.78, 5) is 0. The van der Waals surface area contributed by atoms with Gasteiger partial charge in [-0.1, -0.05) is 19.8 Å². The van der Waals surface area contributed by atoms with Crippen molar-refractivity contribution < 1.29 is 13.2 Å². The van der Waals surface area contributed by atoms with Crippen molar-refractivity contribution in [2.45, 2.75) is 64.6 Å². The van der Waals surface area contributed by atoms with Gasteiger partial charge in [0.05, 0.1) is 6.42 Å². The molecule has 0 amide bonds. The lowest BCUT2D eigenvalue weighted by molar-refractivity contribution is -0.139. The van der Waals surface area contributed by atoms with E-state index < -0.39 is 18.6 Å². The lowest BCUT2D eigenvalue weighted by atomic mass is 9.66. The quantitative estimate of drug-likeness (QED) is 0.739. The van der Waals surface area contributed by atoms with Gasteiger partial charge in [-0.3, -0.25) is 0 Å². The van der Waals surface area contributed by atoms with Crippen LogP contribution in [0.5, 0.6) is 0 Å². The molecule has 0 aliphatic heterocycles. The van der Waals surface area contributed by atoms with E-state index in [0.29, 0.717) is 5.41 Å². The lowest BCUT2D eigenvalue weighted by Gasteiger charge is -2.43. The van der Waals surface area contributed by atoms with Gasteiger partial charge in [0, 0.05) is 12.6 Å². The van der Waals surface area contributed by atoms with Crippen LogP contribution in [0.1, 0.15) is 52.4 Å². The number of hydrogen-bond acceptors (Lipinski definition) is 1. The molecule has 0 saturated heterocycles. The van der Waals surface area contributed by atoms with Crippen LogP contribution in [0.4, 0.5) is 13.2 Å². The SMILES string of the molecule is CCCC1(CNC(C)CC(F)(F)F)CCC1. The van der Waals surface area contributed by atoms with Gasteiger partial charge in [-0.15, -0.1) is 0 Å². The minimum atomic E-state index is -4.05. The van der Waals surface area contributed by atoms with Gasteiger partial charge >= 0.3 is 6.18 Å². The average molecular weight is 237 g/mol. The van der Waals surface area contributed by atoms with E-state index in [0.717, 1.165) is 19.4 Å². The van der Waals surface area contributed by atoms with Crippen LogP contribution >= 0.6 is 0 Å². The predicted octanol–water partition coefficient (Wildman–Crippen LogP) is 3.89. The molecule has 1 saturated carbocycles. The molecule has 0 heterocycles. The third-order valence-electron chi connectivity index (χ3n) is 3.56. The van der Waals surface area contributed by atoms with E-state index in [-0.39, 0.29) is 0 Å². The van der Waals surface area contributed by atoms with Gasteiger partial charge in [0.25, 0.3) is 0 Å². The summed E-state index contributed by atoms with van der Waals surface area (Å²) < 4.78 is 36.4. The molecule has 1 rings (SSSR count). The highest BCUT2D eigenvalue weighted by molar-refractivity contribution is 4.89. The van der Waals surface area contributed by atoms with E-state index in [9.17, 15) is 13.2 Å². The first-order valence-electron chi connectivity index (χ1n) is 6.17. The maximum absolute atomic E-state index is 12.1. The molecule has 0 aromatic rings. The smallest absolute Gasteiger partial charge is 0.313 e. The molecule has 0 spiro atoms. The summed E-state index contributed by atoms with van der Waals surface area (Å²) in [6.07, 6.45) is 1.06. The zero-order valence-electron chi connectivity index (χ0n) is 10.2. The van der Waals surface area contributed by atoms with E-state index in [1.54, 1.807) is 6.92 Å². The first kappa shape index (κ1) is 13.8. The van der Waals surface area contributed by atoms with Crippen LogP contribution in [0, 0.1) is 5.41 Å². The van der Waals surface area contributed by atoms with Crippen LogP contribution in [0.25, 0.3) is 0 Å². The van der Waals surface area contributed by atoms with Crippen LogP contribution in [-0.4, -0.2) is 18.8 Å². The molecule has 16 heavy (non-hydrogen) atoms. The molecule has 0 aromatic carbocycles. The molecule has 1 fully saturated rings. The fourth-order valence-electron chi connectivity index (χ4n) is 2.53. The summed E-state index contributed by atoms with van der Waals surface area (Å²) in [5, 5.41) is 3.05. The van der Waals surface area contributed by atoms with E-state index in [4.69, 9.17) is 0 Å². The molecule has 1 aliphatic carbocycles. The van der Waals surface area contributed by atoms with Crippen LogP contribution in [0.15, 0.2) is 0 Å². The van der Waals surface area contributed by atoms with E-state index in [2.05, 4.69) is 12.2 Å². The molecule has 1 atom stereocenters. The second kappa shape index (κ2) is 5.39. The van der Waals surface area contributed by atoms with E-state index >= 15 is 0 Å². The summed E-state index contributed by atoms with van der Waals surface area (Å²) in [7, 11) is 0. The Labute approximate surface area is 95.8 Å². The Hall–Kier alpha value is -0.250. The van der Waals surface area contributed by atoms with Crippen molar-refractivity contribution in [3.63, 3.8) is 0 Å². The molecule has 1 aliphatic rings. The summed E-state index contributed by atoms with van der Waals surface area (Å²) in [6, 6.07) is -0.464. The van der Waals surface area contributed by atoms with Crippen LogP contribution in [0.3, 0.4) is 0 Å². The predicted molar refractivity (Wildman–Crippen MR) is 59.3 cm³/mol. The number of hydrogen-bond donors (Lipinski definition) is 1. The highest BCUT2D eigenvalue weighted by atomic mass is 19.4. The third kappa shape index (κ3) is 4.32. The fraction of sp³-hybridized carbons (Fsp3) is 1.00. The molecule has 0 aromatic heterocycles. The Morgan fingerprint density at radius 2 is 1.94 bits per heavy atom. The number of nitrogens with one attached hydrogen (secondary N) is 1. The largest absolute Gasteiger partial charge is 0.390 e. The highest BCUT2D eigenvalue weighted by Crippen LogP contribution is 2.44. The second-order valence-electron chi connectivity index (χ2n) is 5.20. The Morgan fingerprint density at radius 1 is 1.31 bits per heavy atom. The van der Waals surface area contributed by atoms with Gasteiger partial charge in [0.1, 0.15) is 0 Å². The zero-order chi connectivity index (χ0) is 12.2. The first-order valence-corrected chi connectivity index (χ1v) is 6.17. The van der Waals surface area contributed by atoms with Crippen molar-refractivity contribution >= 4 is 0 Å². The van der Waals surface area contributed by atoms with Crippen LogP contribution in [0.2, 0.25) is 0 Å². The molecule has 4 heteroatoms. The van der Waals surface area contributed by atoms with Crippen molar-refractivity contribution in [1.29, 1.82) is 0 Å². The molecular formula is C12H22F3N. The van der Waals surface area contributed by atoms with Gasteiger partial charge in [-0.05, 0) is 31.6 Å². The molecule has 0 radical (unpaired) electrons. The highest BCUT2D eigenvalue weighted by Gasteiger charge is 2.37. The number of halogens is 3. The topological polar surface area (TPSA) is 12.0 Å². The third-order valence-corrected chi connectivity index (χ3v) is 3.56. The Kier molecular flexibility index (Phi) is 4.65. The summed E-state index contributed by atoms with van der Waals surface area (Å²) >= 11 is 0.